The number of methoxy groups -OCH3 is 1. The quantitative estimate of drug-likeness (QED) is 0.845. The van der Waals surface area contributed by atoms with Crippen LogP contribution in [0.4, 0.5) is 11.5 Å². The van der Waals surface area contributed by atoms with E-state index >= 15 is 0 Å². The molecule has 0 spiro atoms. The second-order valence-corrected chi connectivity index (χ2v) is 4.99. The fourth-order valence-electron chi connectivity index (χ4n) is 1.53. The molecule has 0 bridgehead atoms. The Balaban J connectivity index is 2.82. The average Bonchev–Trinajstić information content (AvgIpc) is 2.35. The summed E-state index contributed by atoms with van der Waals surface area (Å²) in [4.78, 5) is 6.50. The summed E-state index contributed by atoms with van der Waals surface area (Å²) in [6.45, 7) is 2.18. The smallest absolute Gasteiger partial charge is 0.215 e. The lowest BCUT2D eigenvalue weighted by Crippen LogP contribution is -2.30. The zero-order valence-corrected chi connectivity index (χ0v) is 11.8. The topological polar surface area (TPSA) is 51.4 Å². The largest absolute Gasteiger partial charge is 0.481 e. The molecule has 96 valence electrons. The number of ether oxygens (including phenoxy) is 1. The van der Waals surface area contributed by atoms with Gasteiger partial charge >= 0.3 is 0 Å². The number of rotatable bonds is 6. The number of nitrogens with two attached hydrogens (primary N) is 1. The first kappa shape index (κ1) is 14.0. The molecule has 4 nitrogen and oxygen atoms in total. The van der Waals surface area contributed by atoms with Crippen molar-refractivity contribution in [2.45, 2.75) is 19.4 Å². The third-order valence-electron chi connectivity index (χ3n) is 2.82. The van der Waals surface area contributed by atoms with E-state index in [1.807, 2.05) is 24.9 Å². The van der Waals surface area contributed by atoms with Gasteiger partial charge in [-0.05, 0) is 31.4 Å². The number of anilines is 2. The van der Waals surface area contributed by atoms with Crippen LogP contribution < -0.4 is 15.4 Å². The Hall–Kier alpha value is -1.10. The first-order valence-corrected chi connectivity index (χ1v) is 7.01. The summed E-state index contributed by atoms with van der Waals surface area (Å²) in [6, 6.07) is 4.02. The molecule has 0 radical (unpaired) electrons. The Bertz CT molecular complexity index is 360. The van der Waals surface area contributed by atoms with Gasteiger partial charge in [-0.1, -0.05) is 0 Å². The molecular formula is C12H21N3OS. The summed E-state index contributed by atoms with van der Waals surface area (Å²) in [7, 11) is 3.63. The number of nitrogen functional groups attached to an aromatic ring is 1. The van der Waals surface area contributed by atoms with Gasteiger partial charge in [0.2, 0.25) is 5.88 Å². The molecule has 1 aromatic heterocycles. The van der Waals surface area contributed by atoms with Gasteiger partial charge in [0.05, 0.1) is 12.8 Å². The third kappa shape index (κ3) is 3.70. The third-order valence-corrected chi connectivity index (χ3v) is 3.47. The minimum absolute atomic E-state index is 0.407. The predicted octanol–water partition coefficient (Wildman–Crippen LogP) is 2.25. The van der Waals surface area contributed by atoms with E-state index in [-0.39, 0.29) is 0 Å². The van der Waals surface area contributed by atoms with Crippen molar-refractivity contribution in [2.75, 3.05) is 36.8 Å². The fourth-order valence-corrected chi connectivity index (χ4v) is 2.11. The Labute approximate surface area is 108 Å². The predicted molar refractivity (Wildman–Crippen MR) is 76.1 cm³/mol. The minimum atomic E-state index is 0.407. The van der Waals surface area contributed by atoms with E-state index in [0.717, 1.165) is 18.0 Å². The number of hydrogen-bond donors (Lipinski definition) is 1. The van der Waals surface area contributed by atoms with E-state index in [1.165, 1.54) is 0 Å². The molecule has 0 fully saturated rings. The van der Waals surface area contributed by atoms with Gasteiger partial charge in [-0.3, -0.25) is 0 Å². The highest BCUT2D eigenvalue weighted by molar-refractivity contribution is 7.98. The van der Waals surface area contributed by atoms with Crippen LogP contribution in [0.3, 0.4) is 0 Å². The molecular weight excluding hydrogens is 234 g/mol. The van der Waals surface area contributed by atoms with Crippen LogP contribution in [0.2, 0.25) is 0 Å². The van der Waals surface area contributed by atoms with Crippen LogP contribution in [-0.4, -0.2) is 37.2 Å². The Kier molecular flexibility index (Phi) is 5.41. The van der Waals surface area contributed by atoms with Crippen molar-refractivity contribution in [3.05, 3.63) is 12.1 Å². The van der Waals surface area contributed by atoms with E-state index in [2.05, 4.69) is 23.1 Å². The lowest BCUT2D eigenvalue weighted by atomic mass is 10.2. The van der Waals surface area contributed by atoms with Crippen LogP contribution in [0.5, 0.6) is 5.88 Å². The van der Waals surface area contributed by atoms with Crippen molar-refractivity contribution in [3.8, 4) is 5.88 Å². The molecule has 0 aliphatic heterocycles. The standard InChI is InChI=1S/C12H21N3OS/c1-9(7-8-17-4)15(2)12-10(13)5-6-11(14-12)16-3/h5-6,9H,7-8,13H2,1-4H3. The van der Waals surface area contributed by atoms with E-state index in [9.17, 15) is 0 Å². The molecule has 0 saturated heterocycles. The second kappa shape index (κ2) is 6.59. The minimum Gasteiger partial charge on any atom is -0.481 e. The van der Waals surface area contributed by atoms with Crippen molar-refractivity contribution < 1.29 is 4.74 Å². The zero-order chi connectivity index (χ0) is 12.8. The summed E-state index contributed by atoms with van der Waals surface area (Å²) in [6.07, 6.45) is 3.22. The zero-order valence-electron chi connectivity index (χ0n) is 10.9. The average molecular weight is 255 g/mol. The highest BCUT2D eigenvalue weighted by atomic mass is 32.2. The van der Waals surface area contributed by atoms with Gasteiger partial charge in [0.25, 0.3) is 0 Å². The molecule has 0 aliphatic rings. The Morgan fingerprint density at radius 1 is 1.53 bits per heavy atom. The molecule has 17 heavy (non-hydrogen) atoms. The lowest BCUT2D eigenvalue weighted by molar-refractivity contribution is 0.398. The summed E-state index contributed by atoms with van der Waals surface area (Å²) < 4.78 is 5.12. The number of nitrogens with zero attached hydrogens (tertiary/aromatic N) is 2. The molecule has 0 aliphatic carbocycles. The molecule has 0 saturated carbocycles. The van der Waals surface area contributed by atoms with Gasteiger partial charge in [-0.15, -0.1) is 0 Å². The van der Waals surface area contributed by atoms with Gasteiger partial charge in [-0.2, -0.15) is 16.7 Å². The van der Waals surface area contributed by atoms with Crippen molar-refractivity contribution in [3.63, 3.8) is 0 Å². The lowest BCUT2D eigenvalue weighted by Gasteiger charge is -2.27. The van der Waals surface area contributed by atoms with Crippen molar-refractivity contribution in [1.82, 2.24) is 4.98 Å². The maximum absolute atomic E-state index is 5.95. The number of thioether (sulfide) groups is 1. The van der Waals surface area contributed by atoms with Gasteiger partial charge < -0.3 is 15.4 Å². The summed E-state index contributed by atoms with van der Waals surface area (Å²) in [5, 5.41) is 0. The highest BCUT2D eigenvalue weighted by Gasteiger charge is 2.14. The molecule has 0 amide bonds. The summed E-state index contributed by atoms with van der Waals surface area (Å²) in [5.41, 5.74) is 6.63. The van der Waals surface area contributed by atoms with Crippen LogP contribution >= 0.6 is 11.8 Å². The van der Waals surface area contributed by atoms with Crippen LogP contribution in [0.25, 0.3) is 0 Å². The Morgan fingerprint density at radius 2 is 2.24 bits per heavy atom. The van der Waals surface area contributed by atoms with Crippen LogP contribution in [0, 0.1) is 0 Å². The fraction of sp³-hybridized carbons (Fsp3) is 0.583. The van der Waals surface area contributed by atoms with Gasteiger partial charge in [0, 0.05) is 19.2 Å². The first-order chi connectivity index (χ1) is 8.10. The maximum atomic E-state index is 5.95. The second-order valence-electron chi connectivity index (χ2n) is 4.01. The van der Waals surface area contributed by atoms with Crippen LogP contribution in [0.15, 0.2) is 12.1 Å². The van der Waals surface area contributed by atoms with Gasteiger partial charge in [-0.25, -0.2) is 0 Å². The van der Waals surface area contributed by atoms with Gasteiger partial charge in [0.15, 0.2) is 5.82 Å². The van der Waals surface area contributed by atoms with E-state index in [1.54, 1.807) is 13.2 Å². The molecule has 1 heterocycles. The molecule has 1 rings (SSSR count). The molecule has 1 unspecified atom stereocenters. The summed E-state index contributed by atoms with van der Waals surface area (Å²) in [5.74, 6) is 2.52. The van der Waals surface area contributed by atoms with E-state index in [4.69, 9.17) is 10.5 Å². The SMILES string of the molecule is COc1ccc(N)c(N(C)C(C)CCSC)n1. The number of pyridine rings is 1. The van der Waals surface area contributed by atoms with Gasteiger partial charge in [0.1, 0.15) is 0 Å². The van der Waals surface area contributed by atoms with Crippen LogP contribution in [0.1, 0.15) is 13.3 Å². The normalized spacial score (nSPS) is 12.2. The molecule has 1 atom stereocenters. The van der Waals surface area contributed by atoms with Crippen molar-refractivity contribution in [1.29, 1.82) is 0 Å². The monoisotopic (exact) mass is 255 g/mol. The van der Waals surface area contributed by atoms with E-state index in [0.29, 0.717) is 17.6 Å². The summed E-state index contributed by atoms with van der Waals surface area (Å²) >= 11 is 1.85. The van der Waals surface area contributed by atoms with Crippen molar-refractivity contribution in [2.24, 2.45) is 0 Å². The number of hydrogen-bond acceptors (Lipinski definition) is 5. The maximum Gasteiger partial charge on any atom is 0.215 e. The molecule has 0 aromatic carbocycles. The van der Waals surface area contributed by atoms with E-state index < -0.39 is 0 Å². The first-order valence-electron chi connectivity index (χ1n) is 5.62. The molecule has 2 N–H and O–H groups in total. The highest BCUT2D eigenvalue weighted by Crippen LogP contribution is 2.25. The number of aromatic nitrogens is 1. The van der Waals surface area contributed by atoms with Crippen molar-refractivity contribution >= 4 is 23.3 Å². The Morgan fingerprint density at radius 3 is 2.82 bits per heavy atom. The molecule has 5 heteroatoms. The van der Waals surface area contributed by atoms with Crippen LogP contribution in [-0.2, 0) is 0 Å². The molecule has 1 aromatic rings.